The fourth-order valence-electron chi connectivity index (χ4n) is 5.86. The molecular weight excluding hydrogens is 592 g/mol. The monoisotopic (exact) mass is 669 g/mol. The lowest BCUT2D eigenvalue weighted by Gasteiger charge is -2.17. The van der Waals surface area contributed by atoms with Crippen molar-refractivity contribution >= 4 is 11.9 Å². The van der Waals surface area contributed by atoms with E-state index in [1.54, 1.807) is 0 Å². The number of allylic oxidation sites excluding steroid dienone is 10. The van der Waals surface area contributed by atoms with Gasteiger partial charge in [0.2, 0.25) is 0 Å². The first-order chi connectivity index (χ1) is 23.6. The quantitative estimate of drug-likeness (QED) is 0.0410. The smallest absolute Gasteiger partial charge is 0.306 e. The highest BCUT2D eigenvalue weighted by atomic mass is 16.5. The Morgan fingerprint density at radius 2 is 0.875 bits per heavy atom. The van der Waals surface area contributed by atoms with Crippen LogP contribution < -0.4 is 0 Å². The van der Waals surface area contributed by atoms with Crippen molar-refractivity contribution in [3.8, 4) is 0 Å². The summed E-state index contributed by atoms with van der Waals surface area (Å²) in [4.78, 5) is 22.9. The highest BCUT2D eigenvalue weighted by molar-refractivity contribution is 5.69. The zero-order valence-electron chi connectivity index (χ0n) is 31.5. The summed E-state index contributed by atoms with van der Waals surface area (Å²) in [5, 5.41) is 8.66. The van der Waals surface area contributed by atoms with Crippen molar-refractivity contribution in [3.63, 3.8) is 0 Å². The summed E-state index contributed by atoms with van der Waals surface area (Å²) in [7, 11) is 0. The van der Waals surface area contributed by atoms with Crippen LogP contribution in [0.5, 0.6) is 0 Å². The van der Waals surface area contributed by atoms with E-state index in [4.69, 9.17) is 9.84 Å². The molecule has 0 aliphatic rings. The lowest BCUT2D eigenvalue weighted by molar-refractivity contribution is -0.150. The van der Waals surface area contributed by atoms with Crippen LogP contribution in [0.25, 0.3) is 0 Å². The Labute approximate surface area is 297 Å². The molecule has 1 N–H and O–H groups in total. The highest BCUT2D eigenvalue weighted by Crippen LogP contribution is 2.17. The van der Waals surface area contributed by atoms with Gasteiger partial charge in [0.05, 0.1) is 0 Å². The molecule has 1 atom stereocenters. The molecule has 4 heteroatoms. The number of aliphatic carboxylic acids is 1. The predicted molar refractivity (Wildman–Crippen MR) is 208 cm³/mol. The van der Waals surface area contributed by atoms with Gasteiger partial charge in [-0.05, 0) is 70.6 Å². The van der Waals surface area contributed by atoms with E-state index in [1.165, 1.54) is 96.3 Å². The minimum atomic E-state index is -0.665. The number of carboxylic acids is 1. The Kier molecular flexibility index (Phi) is 37.2. The summed E-state index contributed by atoms with van der Waals surface area (Å²) in [6.07, 6.45) is 54.6. The molecule has 0 aromatic heterocycles. The van der Waals surface area contributed by atoms with E-state index in [2.05, 4.69) is 74.6 Å². The van der Waals surface area contributed by atoms with Gasteiger partial charge in [0.15, 0.2) is 0 Å². The van der Waals surface area contributed by atoms with Gasteiger partial charge in [0, 0.05) is 12.8 Å². The number of hydrogen-bond donors (Lipinski definition) is 1. The first-order valence-electron chi connectivity index (χ1n) is 20.3. The molecule has 48 heavy (non-hydrogen) atoms. The van der Waals surface area contributed by atoms with Crippen molar-refractivity contribution in [2.75, 3.05) is 0 Å². The molecule has 0 heterocycles. The fraction of sp³-hybridized carbons (Fsp3) is 0.727. The van der Waals surface area contributed by atoms with Crippen LogP contribution in [0.4, 0.5) is 0 Å². The molecular formula is C44H76O4. The van der Waals surface area contributed by atoms with Crippen molar-refractivity contribution in [2.45, 2.75) is 206 Å². The van der Waals surface area contributed by atoms with Gasteiger partial charge >= 0.3 is 11.9 Å². The molecule has 276 valence electrons. The molecule has 4 nitrogen and oxygen atoms in total. The minimum Gasteiger partial charge on any atom is -0.481 e. The number of carboxylic acid groups (broad SMARTS) is 1. The van der Waals surface area contributed by atoms with Gasteiger partial charge in [-0.3, -0.25) is 9.59 Å². The Morgan fingerprint density at radius 1 is 0.479 bits per heavy atom. The Hall–Kier alpha value is -2.36. The molecule has 0 rings (SSSR count). The predicted octanol–water partition coefficient (Wildman–Crippen LogP) is 14.1. The van der Waals surface area contributed by atoms with Gasteiger partial charge in [-0.1, -0.05) is 177 Å². The number of rotatable bonds is 36. The number of ether oxygens (including phenoxy) is 1. The first-order valence-corrected chi connectivity index (χ1v) is 20.3. The van der Waals surface area contributed by atoms with Crippen LogP contribution >= 0.6 is 0 Å². The van der Waals surface area contributed by atoms with Crippen LogP contribution in [-0.2, 0) is 14.3 Å². The van der Waals surface area contributed by atoms with Crippen molar-refractivity contribution < 1.29 is 19.4 Å². The molecule has 0 aliphatic carbocycles. The van der Waals surface area contributed by atoms with E-state index in [0.717, 1.165) is 77.0 Å². The van der Waals surface area contributed by atoms with Crippen molar-refractivity contribution in [1.82, 2.24) is 0 Å². The number of esters is 1. The average molecular weight is 669 g/mol. The lowest BCUT2D eigenvalue weighted by Crippen LogP contribution is -2.18. The molecule has 0 aromatic carbocycles. The van der Waals surface area contributed by atoms with Gasteiger partial charge < -0.3 is 9.84 Å². The summed E-state index contributed by atoms with van der Waals surface area (Å²) in [5.74, 6) is -0.687. The summed E-state index contributed by atoms with van der Waals surface area (Å²) in [6, 6.07) is 0. The molecule has 0 saturated heterocycles. The van der Waals surface area contributed by atoms with Gasteiger partial charge in [0.25, 0.3) is 0 Å². The third kappa shape index (κ3) is 38.1. The van der Waals surface area contributed by atoms with Crippen molar-refractivity contribution in [2.24, 2.45) is 0 Å². The summed E-state index contributed by atoms with van der Waals surface area (Å²) >= 11 is 0. The zero-order valence-corrected chi connectivity index (χ0v) is 31.5. The Balaban J connectivity index is 3.63. The van der Waals surface area contributed by atoms with Crippen LogP contribution in [0, 0.1) is 0 Å². The second-order valence-electron chi connectivity index (χ2n) is 13.4. The summed E-state index contributed by atoms with van der Waals surface area (Å²) < 4.78 is 5.85. The maximum atomic E-state index is 12.4. The maximum Gasteiger partial charge on any atom is 0.306 e. The third-order valence-corrected chi connectivity index (χ3v) is 8.73. The maximum absolute atomic E-state index is 12.4. The van der Waals surface area contributed by atoms with Crippen molar-refractivity contribution in [1.29, 1.82) is 0 Å². The number of unbranched alkanes of at least 4 members (excludes halogenated alkanes) is 17. The Morgan fingerprint density at radius 3 is 1.29 bits per heavy atom. The normalized spacial score (nSPS) is 12.9. The lowest BCUT2D eigenvalue weighted by atomic mass is 10.0. The molecule has 0 aromatic rings. The second kappa shape index (κ2) is 39.1. The zero-order chi connectivity index (χ0) is 35.0. The molecule has 0 radical (unpaired) electrons. The van der Waals surface area contributed by atoms with Crippen LogP contribution in [0.3, 0.4) is 0 Å². The van der Waals surface area contributed by atoms with E-state index in [1.807, 2.05) is 0 Å². The third-order valence-electron chi connectivity index (χ3n) is 8.73. The topological polar surface area (TPSA) is 63.6 Å². The van der Waals surface area contributed by atoms with E-state index in [0.29, 0.717) is 12.8 Å². The standard InChI is InChI=1S/C44H76O4/c1-3-5-6-7-8-9-10-11-12-14-19-22-25-28-31-34-37-41-44(47)48-42(38-4-2)39-35-32-29-26-23-20-17-15-13-16-18-21-24-27-30-33-36-40-43(45)46/h5-6,8-9,11-12,19,22,28,31,42H,3-4,7,10,13-18,20-21,23-27,29-30,32-41H2,1-2H3,(H,45,46)/b6-5-,9-8-,12-11-,22-19-,31-28-. The summed E-state index contributed by atoms with van der Waals surface area (Å²) in [5.41, 5.74) is 0. The second-order valence-corrected chi connectivity index (χ2v) is 13.4. The van der Waals surface area contributed by atoms with Crippen LogP contribution in [-0.4, -0.2) is 23.1 Å². The minimum absolute atomic E-state index is 0.0224. The largest absolute Gasteiger partial charge is 0.481 e. The average Bonchev–Trinajstić information content (AvgIpc) is 3.07. The Bertz CT molecular complexity index is 850. The van der Waals surface area contributed by atoms with E-state index >= 15 is 0 Å². The van der Waals surface area contributed by atoms with E-state index in [9.17, 15) is 9.59 Å². The molecule has 1 unspecified atom stereocenters. The first kappa shape index (κ1) is 45.6. The van der Waals surface area contributed by atoms with Gasteiger partial charge in [-0.15, -0.1) is 0 Å². The van der Waals surface area contributed by atoms with E-state index in [-0.39, 0.29) is 12.1 Å². The fourth-order valence-corrected chi connectivity index (χ4v) is 5.86. The molecule has 0 amide bonds. The molecule has 0 fully saturated rings. The number of carbonyl (C=O) groups is 2. The van der Waals surface area contributed by atoms with Crippen LogP contribution in [0.15, 0.2) is 60.8 Å². The highest BCUT2D eigenvalue weighted by Gasteiger charge is 2.13. The molecule has 0 spiro atoms. The van der Waals surface area contributed by atoms with E-state index < -0.39 is 5.97 Å². The van der Waals surface area contributed by atoms with Crippen LogP contribution in [0.1, 0.15) is 200 Å². The van der Waals surface area contributed by atoms with Crippen molar-refractivity contribution in [3.05, 3.63) is 60.8 Å². The number of carbonyl (C=O) groups excluding carboxylic acids is 1. The molecule has 0 saturated carbocycles. The van der Waals surface area contributed by atoms with Crippen LogP contribution in [0.2, 0.25) is 0 Å². The summed E-state index contributed by atoms with van der Waals surface area (Å²) in [6.45, 7) is 4.34. The molecule has 0 aliphatic heterocycles. The van der Waals surface area contributed by atoms with Gasteiger partial charge in [-0.25, -0.2) is 0 Å². The number of hydrogen-bond acceptors (Lipinski definition) is 3. The van der Waals surface area contributed by atoms with Gasteiger partial charge in [0.1, 0.15) is 6.10 Å². The molecule has 0 bridgehead atoms. The van der Waals surface area contributed by atoms with Gasteiger partial charge in [-0.2, -0.15) is 0 Å². The SMILES string of the molecule is CC/C=C\C/C=C\C/C=C\C/C=C\C/C=C\CCCC(=O)OC(CCC)CCCCCCCCCCCCCCCCCCCC(=O)O.